The Morgan fingerprint density at radius 3 is 2.48 bits per heavy atom. The van der Waals surface area contributed by atoms with E-state index in [2.05, 4.69) is 20.0 Å². The minimum absolute atomic E-state index is 0.209. The molecule has 0 atom stereocenters. The summed E-state index contributed by atoms with van der Waals surface area (Å²) in [5.41, 5.74) is 3.01. The second-order valence-corrected chi connectivity index (χ2v) is 7.16. The van der Waals surface area contributed by atoms with Crippen LogP contribution in [0.5, 0.6) is 5.75 Å². The zero-order valence-corrected chi connectivity index (χ0v) is 14.9. The van der Waals surface area contributed by atoms with Crippen LogP contribution < -0.4 is 4.74 Å². The molecule has 3 rings (SSSR count). The van der Waals surface area contributed by atoms with Crippen molar-refractivity contribution in [3.8, 4) is 16.3 Å². The van der Waals surface area contributed by atoms with Gasteiger partial charge >= 0.3 is 6.36 Å². The van der Waals surface area contributed by atoms with Gasteiger partial charge in [-0.1, -0.05) is 12.1 Å². The van der Waals surface area contributed by atoms with Gasteiger partial charge in [-0.05, 0) is 36.2 Å². The first-order chi connectivity index (χ1) is 11.9. The molecule has 0 aliphatic heterocycles. The maximum atomic E-state index is 12.2. The zero-order chi connectivity index (χ0) is 17.9. The molecule has 0 saturated heterocycles. The molecule has 132 valence electrons. The van der Waals surface area contributed by atoms with Crippen molar-refractivity contribution in [3.63, 3.8) is 0 Å². The molecule has 0 N–H and O–H groups in total. The normalized spacial score (nSPS) is 11.9. The Kier molecular flexibility index (Phi) is 5.41. The van der Waals surface area contributed by atoms with Gasteiger partial charge in [-0.3, -0.25) is 4.90 Å². The molecule has 0 fully saturated rings. The first-order valence-corrected chi connectivity index (χ1v) is 9.21. The lowest BCUT2D eigenvalue weighted by molar-refractivity contribution is -0.274. The molecular weight excluding hydrogens is 369 g/mol. The van der Waals surface area contributed by atoms with Gasteiger partial charge < -0.3 is 4.74 Å². The molecule has 2 aromatic heterocycles. The highest BCUT2D eigenvalue weighted by molar-refractivity contribution is 7.14. The molecule has 0 unspecified atom stereocenters. The molecule has 0 bridgehead atoms. The van der Waals surface area contributed by atoms with Crippen molar-refractivity contribution in [1.29, 1.82) is 0 Å². The topological polar surface area (TPSA) is 25.4 Å². The molecular formula is C17H15F3N2OS2. The van der Waals surface area contributed by atoms with Crippen LogP contribution in [0.4, 0.5) is 13.2 Å². The van der Waals surface area contributed by atoms with Gasteiger partial charge in [0.15, 0.2) is 0 Å². The van der Waals surface area contributed by atoms with Crippen molar-refractivity contribution in [2.75, 3.05) is 7.05 Å². The summed E-state index contributed by atoms with van der Waals surface area (Å²) in [5.74, 6) is -0.209. The summed E-state index contributed by atoms with van der Waals surface area (Å²) in [6, 6.07) is 7.97. The molecule has 2 heterocycles. The molecule has 0 aliphatic carbocycles. The number of benzene rings is 1. The van der Waals surface area contributed by atoms with E-state index in [4.69, 9.17) is 0 Å². The van der Waals surface area contributed by atoms with E-state index in [-0.39, 0.29) is 5.75 Å². The van der Waals surface area contributed by atoms with Crippen LogP contribution >= 0.6 is 22.7 Å². The summed E-state index contributed by atoms with van der Waals surface area (Å²) < 4.78 is 40.4. The highest BCUT2D eigenvalue weighted by atomic mass is 32.1. The lowest BCUT2D eigenvalue weighted by atomic mass is 10.2. The van der Waals surface area contributed by atoms with Crippen molar-refractivity contribution in [2.24, 2.45) is 0 Å². The van der Waals surface area contributed by atoms with E-state index < -0.39 is 6.36 Å². The largest absolute Gasteiger partial charge is 0.573 e. The fourth-order valence-corrected chi connectivity index (χ4v) is 3.86. The molecule has 1 aromatic carbocycles. The Hall–Kier alpha value is -1.90. The van der Waals surface area contributed by atoms with Crippen LogP contribution in [0.25, 0.3) is 10.6 Å². The van der Waals surface area contributed by atoms with Crippen LogP contribution in [0.15, 0.2) is 46.5 Å². The molecule has 0 aliphatic rings. The van der Waals surface area contributed by atoms with E-state index in [1.807, 2.05) is 23.9 Å². The van der Waals surface area contributed by atoms with Gasteiger partial charge in [0.05, 0.1) is 5.69 Å². The van der Waals surface area contributed by atoms with Crippen molar-refractivity contribution in [1.82, 2.24) is 9.88 Å². The Morgan fingerprint density at radius 1 is 1.08 bits per heavy atom. The van der Waals surface area contributed by atoms with Crippen LogP contribution in [0.2, 0.25) is 0 Å². The van der Waals surface area contributed by atoms with Crippen LogP contribution in [0.1, 0.15) is 11.3 Å². The monoisotopic (exact) mass is 384 g/mol. The summed E-state index contributed by atoms with van der Waals surface area (Å²) >= 11 is 3.25. The van der Waals surface area contributed by atoms with E-state index in [0.717, 1.165) is 21.8 Å². The SMILES string of the molecule is CN(Cc1ccc(OC(F)(F)F)cc1)Cc1csc(-c2ccsc2)n1. The lowest BCUT2D eigenvalue weighted by Gasteiger charge is -2.16. The van der Waals surface area contributed by atoms with E-state index in [9.17, 15) is 13.2 Å². The Labute approximate surface area is 151 Å². The number of nitrogens with zero attached hydrogens (tertiary/aromatic N) is 2. The van der Waals surface area contributed by atoms with Gasteiger partial charge in [-0.2, -0.15) is 11.3 Å². The average Bonchev–Trinajstić information content (AvgIpc) is 3.18. The molecule has 0 spiro atoms. The fraction of sp³-hybridized carbons (Fsp3) is 0.235. The maximum absolute atomic E-state index is 12.2. The lowest BCUT2D eigenvalue weighted by Crippen LogP contribution is -2.18. The van der Waals surface area contributed by atoms with Gasteiger partial charge in [-0.15, -0.1) is 24.5 Å². The van der Waals surface area contributed by atoms with E-state index in [1.54, 1.807) is 34.8 Å². The van der Waals surface area contributed by atoms with E-state index >= 15 is 0 Å². The summed E-state index contributed by atoms with van der Waals surface area (Å²) in [4.78, 5) is 6.69. The van der Waals surface area contributed by atoms with Crippen LogP contribution in [-0.2, 0) is 13.1 Å². The standard InChI is InChI=1S/C17H15F3N2OS2/c1-22(8-12-2-4-15(5-3-12)23-17(18,19)20)9-14-11-25-16(21-14)13-6-7-24-10-13/h2-7,10-11H,8-9H2,1H3. The van der Waals surface area contributed by atoms with Crippen molar-refractivity contribution in [2.45, 2.75) is 19.5 Å². The van der Waals surface area contributed by atoms with Crippen LogP contribution in [-0.4, -0.2) is 23.3 Å². The summed E-state index contributed by atoms with van der Waals surface area (Å²) in [7, 11) is 1.95. The summed E-state index contributed by atoms with van der Waals surface area (Å²) in [5, 5.41) is 7.12. The molecule has 25 heavy (non-hydrogen) atoms. The highest BCUT2D eigenvalue weighted by Gasteiger charge is 2.30. The number of aromatic nitrogens is 1. The molecule has 0 saturated carbocycles. The Bertz CT molecular complexity index is 798. The van der Waals surface area contributed by atoms with Crippen LogP contribution in [0, 0.1) is 0 Å². The number of thiophene rings is 1. The first-order valence-electron chi connectivity index (χ1n) is 7.39. The van der Waals surface area contributed by atoms with E-state index in [1.165, 1.54) is 12.1 Å². The number of ether oxygens (including phenoxy) is 1. The number of thiazole rings is 1. The Morgan fingerprint density at radius 2 is 1.84 bits per heavy atom. The smallest absolute Gasteiger partial charge is 0.406 e. The fourth-order valence-electron chi connectivity index (χ4n) is 2.34. The zero-order valence-electron chi connectivity index (χ0n) is 13.3. The minimum Gasteiger partial charge on any atom is -0.406 e. The van der Waals surface area contributed by atoms with Crippen molar-refractivity contribution in [3.05, 3.63) is 57.7 Å². The quantitative estimate of drug-likeness (QED) is 0.569. The predicted octanol–water partition coefficient (Wildman–Crippen LogP) is 5.40. The highest BCUT2D eigenvalue weighted by Crippen LogP contribution is 2.26. The number of halogens is 3. The number of hydrogen-bond acceptors (Lipinski definition) is 5. The van der Waals surface area contributed by atoms with E-state index in [0.29, 0.717) is 13.1 Å². The number of hydrogen-bond donors (Lipinski definition) is 0. The molecule has 3 nitrogen and oxygen atoms in total. The summed E-state index contributed by atoms with van der Waals surface area (Å²) in [6.07, 6.45) is -4.66. The van der Waals surface area contributed by atoms with Crippen molar-refractivity contribution >= 4 is 22.7 Å². The minimum atomic E-state index is -4.66. The third kappa shape index (κ3) is 5.29. The maximum Gasteiger partial charge on any atom is 0.573 e. The molecule has 0 radical (unpaired) electrons. The third-order valence-corrected chi connectivity index (χ3v) is 4.98. The Balaban J connectivity index is 1.56. The number of alkyl halides is 3. The first kappa shape index (κ1) is 17.9. The average molecular weight is 384 g/mol. The molecule has 3 aromatic rings. The van der Waals surface area contributed by atoms with Gasteiger partial charge in [0.1, 0.15) is 10.8 Å². The van der Waals surface area contributed by atoms with Crippen LogP contribution in [0.3, 0.4) is 0 Å². The van der Waals surface area contributed by atoms with Gasteiger partial charge in [0.2, 0.25) is 0 Å². The second-order valence-electron chi connectivity index (χ2n) is 5.52. The second kappa shape index (κ2) is 7.55. The van der Waals surface area contributed by atoms with Crippen molar-refractivity contribution < 1.29 is 17.9 Å². The molecule has 8 heteroatoms. The molecule has 0 amide bonds. The van der Waals surface area contributed by atoms with Gasteiger partial charge in [0.25, 0.3) is 0 Å². The van der Waals surface area contributed by atoms with Gasteiger partial charge in [0, 0.05) is 29.4 Å². The predicted molar refractivity (Wildman–Crippen MR) is 93.7 cm³/mol. The third-order valence-electron chi connectivity index (χ3n) is 3.36. The summed E-state index contributed by atoms with van der Waals surface area (Å²) in [6.45, 7) is 1.28. The number of rotatable bonds is 6. The van der Waals surface area contributed by atoms with Gasteiger partial charge in [-0.25, -0.2) is 4.98 Å².